The monoisotopic (exact) mass is 281 g/mol. The summed E-state index contributed by atoms with van der Waals surface area (Å²) >= 11 is 0. The average molecular weight is 281 g/mol. The van der Waals surface area contributed by atoms with Crippen LogP contribution in [0.3, 0.4) is 0 Å². The van der Waals surface area contributed by atoms with E-state index in [1.807, 2.05) is 6.07 Å². The van der Waals surface area contributed by atoms with Gasteiger partial charge in [-0.15, -0.1) is 0 Å². The van der Waals surface area contributed by atoms with Crippen molar-refractivity contribution in [1.82, 2.24) is 10.2 Å². The summed E-state index contributed by atoms with van der Waals surface area (Å²) < 4.78 is 0. The summed E-state index contributed by atoms with van der Waals surface area (Å²) in [6.45, 7) is 1.80. The fourth-order valence-corrected chi connectivity index (χ4v) is 2.51. The summed E-state index contributed by atoms with van der Waals surface area (Å²) in [6.07, 6.45) is 4.41. The third kappa shape index (κ3) is 4.41. The third-order valence-corrected chi connectivity index (χ3v) is 4.01. The Bertz CT molecular complexity index is 392. The molecule has 0 radical (unpaired) electrons. The standard InChI is InChI=1S/C14H23N3O3/c1-10(8-9-15)17(2)14(20)16-12-7-5-3-4-6-11(12)13(18)19/h10-12H,3-8H2,1-2H3,(H,16,20)(H,18,19). The van der Waals surface area contributed by atoms with Crippen LogP contribution >= 0.6 is 0 Å². The molecular formula is C14H23N3O3. The molecule has 112 valence electrons. The molecule has 20 heavy (non-hydrogen) atoms. The SMILES string of the molecule is CC(CC#N)N(C)C(=O)NC1CCCCCC1C(=O)O. The van der Waals surface area contributed by atoms with E-state index in [2.05, 4.69) is 5.32 Å². The predicted molar refractivity (Wildman–Crippen MR) is 74.0 cm³/mol. The third-order valence-electron chi connectivity index (χ3n) is 4.01. The van der Waals surface area contributed by atoms with Gasteiger partial charge in [-0.25, -0.2) is 4.79 Å². The molecule has 1 aliphatic rings. The molecule has 0 aromatic carbocycles. The van der Waals surface area contributed by atoms with Crippen LogP contribution in [-0.4, -0.2) is 41.1 Å². The van der Waals surface area contributed by atoms with E-state index < -0.39 is 11.9 Å². The highest BCUT2D eigenvalue weighted by molar-refractivity contribution is 5.77. The van der Waals surface area contributed by atoms with Crippen LogP contribution in [0.25, 0.3) is 0 Å². The summed E-state index contributed by atoms with van der Waals surface area (Å²) in [5.41, 5.74) is 0. The Kier molecular flexibility index (Phi) is 6.29. The molecule has 2 amide bonds. The number of carbonyl (C=O) groups excluding carboxylic acids is 1. The van der Waals surface area contributed by atoms with Crippen molar-refractivity contribution in [3.8, 4) is 6.07 Å². The molecule has 1 fully saturated rings. The van der Waals surface area contributed by atoms with Crippen molar-refractivity contribution in [3.63, 3.8) is 0 Å². The molecule has 0 aromatic heterocycles. The number of hydrogen-bond donors (Lipinski definition) is 2. The second-order valence-electron chi connectivity index (χ2n) is 5.46. The van der Waals surface area contributed by atoms with Gasteiger partial charge in [-0.2, -0.15) is 5.26 Å². The van der Waals surface area contributed by atoms with Gasteiger partial charge in [0.1, 0.15) is 0 Å². The van der Waals surface area contributed by atoms with Gasteiger partial charge in [0.2, 0.25) is 0 Å². The zero-order valence-electron chi connectivity index (χ0n) is 12.1. The number of nitrogens with one attached hydrogen (secondary N) is 1. The number of carbonyl (C=O) groups is 2. The Balaban J connectivity index is 2.65. The zero-order valence-corrected chi connectivity index (χ0v) is 12.1. The van der Waals surface area contributed by atoms with Gasteiger partial charge in [0, 0.05) is 19.1 Å². The van der Waals surface area contributed by atoms with Crippen LogP contribution in [-0.2, 0) is 4.79 Å². The molecule has 0 bridgehead atoms. The molecule has 1 aliphatic carbocycles. The Morgan fingerprint density at radius 3 is 2.65 bits per heavy atom. The summed E-state index contributed by atoms with van der Waals surface area (Å²) in [6, 6.07) is 1.22. The van der Waals surface area contributed by atoms with E-state index in [4.69, 9.17) is 5.26 Å². The summed E-state index contributed by atoms with van der Waals surface area (Å²) in [7, 11) is 1.63. The lowest BCUT2D eigenvalue weighted by molar-refractivity contribution is -0.142. The Hall–Kier alpha value is -1.77. The number of carboxylic acid groups (broad SMARTS) is 1. The molecule has 3 atom stereocenters. The molecule has 1 rings (SSSR count). The Morgan fingerprint density at radius 2 is 2.05 bits per heavy atom. The van der Waals surface area contributed by atoms with Crippen LogP contribution in [0.15, 0.2) is 0 Å². The number of rotatable bonds is 4. The predicted octanol–water partition coefficient (Wildman–Crippen LogP) is 1.96. The highest BCUT2D eigenvalue weighted by Gasteiger charge is 2.31. The molecule has 3 unspecified atom stereocenters. The minimum Gasteiger partial charge on any atom is -0.481 e. The number of carboxylic acids is 1. The highest BCUT2D eigenvalue weighted by Crippen LogP contribution is 2.24. The number of nitriles is 1. The molecule has 0 aliphatic heterocycles. The molecule has 6 nitrogen and oxygen atoms in total. The normalized spacial score (nSPS) is 24.1. The van der Waals surface area contributed by atoms with Gasteiger partial charge in [0.05, 0.1) is 18.4 Å². The molecule has 0 heterocycles. The van der Waals surface area contributed by atoms with Crippen molar-refractivity contribution in [3.05, 3.63) is 0 Å². The van der Waals surface area contributed by atoms with Crippen LogP contribution in [0.5, 0.6) is 0 Å². The minimum atomic E-state index is -0.843. The van der Waals surface area contributed by atoms with E-state index in [1.54, 1.807) is 14.0 Å². The minimum absolute atomic E-state index is 0.186. The number of urea groups is 1. The van der Waals surface area contributed by atoms with Crippen molar-refractivity contribution in [2.45, 2.75) is 57.5 Å². The number of nitrogens with zero attached hydrogens (tertiary/aromatic N) is 2. The largest absolute Gasteiger partial charge is 0.481 e. The lowest BCUT2D eigenvalue weighted by Crippen LogP contribution is -2.49. The van der Waals surface area contributed by atoms with Crippen LogP contribution < -0.4 is 5.32 Å². The van der Waals surface area contributed by atoms with E-state index in [-0.39, 0.29) is 24.5 Å². The summed E-state index contributed by atoms with van der Waals surface area (Å²) in [4.78, 5) is 24.9. The van der Waals surface area contributed by atoms with Gasteiger partial charge >= 0.3 is 12.0 Å². The van der Waals surface area contributed by atoms with Gasteiger partial charge in [-0.05, 0) is 19.8 Å². The first-order valence-corrected chi connectivity index (χ1v) is 7.10. The fraction of sp³-hybridized carbons (Fsp3) is 0.786. The second-order valence-corrected chi connectivity index (χ2v) is 5.46. The van der Waals surface area contributed by atoms with Crippen molar-refractivity contribution in [2.75, 3.05) is 7.05 Å². The first-order valence-electron chi connectivity index (χ1n) is 7.10. The van der Waals surface area contributed by atoms with Gasteiger partial charge in [-0.1, -0.05) is 19.3 Å². The van der Waals surface area contributed by atoms with Crippen LogP contribution in [0.2, 0.25) is 0 Å². The number of amides is 2. The molecule has 0 spiro atoms. The maximum absolute atomic E-state index is 12.1. The first kappa shape index (κ1) is 16.3. The van der Waals surface area contributed by atoms with Gasteiger partial charge in [0.15, 0.2) is 0 Å². The van der Waals surface area contributed by atoms with Crippen molar-refractivity contribution >= 4 is 12.0 Å². The molecule has 2 N–H and O–H groups in total. The smallest absolute Gasteiger partial charge is 0.317 e. The van der Waals surface area contributed by atoms with Crippen LogP contribution in [0, 0.1) is 17.2 Å². The van der Waals surface area contributed by atoms with Crippen molar-refractivity contribution < 1.29 is 14.7 Å². The van der Waals surface area contributed by atoms with Gasteiger partial charge < -0.3 is 15.3 Å². The molecular weight excluding hydrogens is 258 g/mol. The quantitative estimate of drug-likeness (QED) is 0.770. The van der Waals surface area contributed by atoms with E-state index in [0.717, 1.165) is 19.3 Å². The van der Waals surface area contributed by atoms with Crippen molar-refractivity contribution in [1.29, 1.82) is 5.26 Å². The fourth-order valence-electron chi connectivity index (χ4n) is 2.51. The van der Waals surface area contributed by atoms with Gasteiger partial charge in [-0.3, -0.25) is 4.79 Å². The molecule has 6 heteroatoms. The maximum atomic E-state index is 12.1. The average Bonchev–Trinajstić information content (AvgIpc) is 2.63. The lowest BCUT2D eigenvalue weighted by atomic mass is 9.95. The first-order chi connectivity index (χ1) is 9.47. The van der Waals surface area contributed by atoms with Gasteiger partial charge in [0.25, 0.3) is 0 Å². The summed E-state index contributed by atoms with van der Waals surface area (Å²) in [5, 5.41) is 20.8. The number of aliphatic carboxylic acids is 1. The summed E-state index contributed by atoms with van der Waals surface area (Å²) in [5.74, 6) is -1.36. The maximum Gasteiger partial charge on any atom is 0.317 e. The number of hydrogen-bond acceptors (Lipinski definition) is 3. The van der Waals surface area contributed by atoms with Crippen LogP contribution in [0.4, 0.5) is 4.79 Å². The van der Waals surface area contributed by atoms with E-state index in [9.17, 15) is 14.7 Å². The van der Waals surface area contributed by atoms with Crippen molar-refractivity contribution in [2.24, 2.45) is 5.92 Å². The second kappa shape index (κ2) is 7.73. The van der Waals surface area contributed by atoms with E-state index >= 15 is 0 Å². The Labute approximate surface area is 119 Å². The topological polar surface area (TPSA) is 93.4 Å². The molecule has 0 saturated heterocycles. The highest BCUT2D eigenvalue weighted by atomic mass is 16.4. The molecule has 1 saturated carbocycles. The Morgan fingerprint density at radius 1 is 1.40 bits per heavy atom. The van der Waals surface area contributed by atoms with Crippen LogP contribution in [0.1, 0.15) is 45.4 Å². The molecule has 0 aromatic rings. The van der Waals surface area contributed by atoms with E-state index in [1.165, 1.54) is 4.90 Å². The zero-order chi connectivity index (χ0) is 15.1. The van der Waals surface area contributed by atoms with E-state index in [0.29, 0.717) is 12.8 Å². The lowest BCUT2D eigenvalue weighted by Gasteiger charge is -2.28.